The van der Waals surface area contributed by atoms with Crippen LogP contribution in [-0.2, 0) is 6.54 Å². The Bertz CT molecular complexity index is 942. The van der Waals surface area contributed by atoms with Gasteiger partial charge >= 0.3 is 0 Å². The molecule has 3 rings (SSSR count). The van der Waals surface area contributed by atoms with Crippen molar-refractivity contribution in [1.82, 2.24) is 25.3 Å². The summed E-state index contributed by atoms with van der Waals surface area (Å²) in [6, 6.07) is 15.0. The lowest BCUT2D eigenvalue weighted by molar-refractivity contribution is 0.302. The lowest BCUT2D eigenvalue weighted by Gasteiger charge is -2.24. The fraction of sp³-hybridized carbons (Fsp3) is 0.364. The Hall–Kier alpha value is -2.64. The van der Waals surface area contributed by atoms with Gasteiger partial charge in [-0.2, -0.15) is 5.10 Å². The lowest BCUT2D eigenvalue weighted by Crippen LogP contribution is -2.41. The van der Waals surface area contributed by atoms with Crippen LogP contribution in [0.25, 0.3) is 5.69 Å². The number of aliphatic imine (C=N–C) groups is 1. The number of nitrogens with zero attached hydrogens (tertiary/aromatic N) is 4. The summed E-state index contributed by atoms with van der Waals surface area (Å²) in [7, 11) is 6.01. The topological polar surface area (TPSA) is 57.5 Å². The SMILES string of the molecule is CN=C(NCc1ccccc1-n1nc(C)cc1C)NCC(c1cccs1)N(C)C. The molecule has 6 nitrogen and oxygen atoms in total. The molecule has 2 aromatic heterocycles. The van der Waals surface area contributed by atoms with E-state index in [1.54, 1.807) is 18.4 Å². The van der Waals surface area contributed by atoms with E-state index in [4.69, 9.17) is 0 Å². The summed E-state index contributed by atoms with van der Waals surface area (Å²) in [6.45, 7) is 5.55. The van der Waals surface area contributed by atoms with E-state index in [-0.39, 0.29) is 0 Å². The predicted octanol–water partition coefficient (Wildman–Crippen LogP) is 3.52. The largest absolute Gasteiger partial charge is 0.354 e. The van der Waals surface area contributed by atoms with E-state index in [1.165, 1.54) is 10.4 Å². The second kappa shape index (κ2) is 9.71. The second-order valence-corrected chi connectivity index (χ2v) is 8.25. The predicted molar refractivity (Wildman–Crippen MR) is 122 cm³/mol. The van der Waals surface area contributed by atoms with Crippen molar-refractivity contribution in [3.05, 3.63) is 69.7 Å². The number of thiophene rings is 1. The molecule has 0 aliphatic carbocycles. The van der Waals surface area contributed by atoms with Gasteiger partial charge < -0.3 is 15.5 Å². The maximum Gasteiger partial charge on any atom is 0.191 e. The molecule has 0 saturated carbocycles. The summed E-state index contributed by atoms with van der Waals surface area (Å²) >= 11 is 1.78. The van der Waals surface area contributed by atoms with Gasteiger partial charge in [0.15, 0.2) is 5.96 Å². The first-order valence-corrected chi connectivity index (χ1v) is 10.6. The van der Waals surface area contributed by atoms with E-state index < -0.39 is 0 Å². The zero-order valence-electron chi connectivity index (χ0n) is 17.8. The van der Waals surface area contributed by atoms with Crippen molar-refractivity contribution in [3.8, 4) is 5.69 Å². The Balaban J connectivity index is 1.67. The lowest BCUT2D eigenvalue weighted by atomic mass is 10.1. The molecule has 3 aromatic rings. The number of likely N-dealkylation sites (N-methyl/N-ethyl adjacent to an activating group) is 1. The fourth-order valence-corrected chi connectivity index (χ4v) is 4.27. The molecular weight excluding hydrogens is 380 g/mol. The van der Waals surface area contributed by atoms with Crippen LogP contribution in [0.1, 0.15) is 27.9 Å². The number of para-hydroxylation sites is 1. The molecule has 154 valence electrons. The average molecular weight is 411 g/mol. The minimum Gasteiger partial charge on any atom is -0.354 e. The Morgan fingerprint density at radius 3 is 2.59 bits per heavy atom. The van der Waals surface area contributed by atoms with Crippen LogP contribution in [0.2, 0.25) is 0 Å². The third-order valence-electron chi connectivity index (χ3n) is 4.86. The molecule has 7 heteroatoms. The number of hydrogen-bond donors (Lipinski definition) is 2. The van der Waals surface area contributed by atoms with Crippen molar-refractivity contribution in [1.29, 1.82) is 0 Å². The van der Waals surface area contributed by atoms with Crippen molar-refractivity contribution in [3.63, 3.8) is 0 Å². The number of benzene rings is 1. The summed E-state index contributed by atoms with van der Waals surface area (Å²) in [5.41, 5.74) is 4.41. The molecule has 0 aliphatic rings. The number of rotatable bonds is 7. The first-order valence-electron chi connectivity index (χ1n) is 9.75. The maximum atomic E-state index is 4.63. The molecule has 0 bridgehead atoms. The van der Waals surface area contributed by atoms with Crippen LogP contribution in [0.4, 0.5) is 0 Å². The molecule has 29 heavy (non-hydrogen) atoms. The second-order valence-electron chi connectivity index (χ2n) is 7.27. The highest BCUT2D eigenvalue weighted by Gasteiger charge is 2.16. The number of hydrogen-bond acceptors (Lipinski definition) is 4. The molecule has 1 aromatic carbocycles. The number of nitrogens with one attached hydrogen (secondary N) is 2. The minimum atomic E-state index is 0.301. The summed E-state index contributed by atoms with van der Waals surface area (Å²) in [4.78, 5) is 7.96. The van der Waals surface area contributed by atoms with Crippen molar-refractivity contribution < 1.29 is 0 Å². The smallest absolute Gasteiger partial charge is 0.191 e. The molecule has 0 spiro atoms. The van der Waals surface area contributed by atoms with Crippen LogP contribution in [0.5, 0.6) is 0 Å². The van der Waals surface area contributed by atoms with Crippen molar-refractivity contribution in [2.45, 2.75) is 26.4 Å². The molecule has 2 heterocycles. The molecule has 0 amide bonds. The highest BCUT2D eigenvalue weighted by Crippen LogP contribution is 2.22. The Labute approximate surface area is 177 Å². The minimum absolute atomic E-state index is 0.301. The monoisotopic (exact) mass is 410 g/mol. The third kappa shape index (κ3) is 5.25. The maximum absolute atomic E-state index is 4.63. The van der Waals surface area contributed by atoms with Crippen molar-refractivity contribution in [2.24, 2.45) is 4.99 Å². The standard InChI is InChI=1S/C22H30N6S/c1-16-13-17(2)28(26-16)19-10-7-6-9-18(19)14-24-22(23-3)25-15-20(27(4)5)21-11-8-12-29-21/h6-13,20H,14-15H2,1-5H3,(H2,23,24,25). The summed E-state index contributed by atoms with van der Waals surface area (Å²) in [5.74, 6) is 0.788. The quantitative estimate of drug-likeness (QED) is 0.462. The normalized spacial score (nSPS) is 13.0. The van der Waals surface area contributed by atoms with E-state index in [1.807, 2.05) is 17.7 Å². The molecule has 1 unspecified atom stereocenters. The van der Waals surface area contributed by atoms with Crippen LogP contribution in [-0.4, -0.2) is 48.3 Å². The van der Waals surface area contributed by atoms with Crippen LogP contribution in [0.15, 0.2) is 52.8 Å². The third-order valence-corrected chi connectivity index (χ3v) is 5.83. The van der Waals surface area contributed by atoms with Gasteiger partial charge in [0.1, 0.15) is 0 Å². The fourth-order valence-electron chi connectivity index (χ4n) is 3.35. The van der Waals surface area contributed by atoms with E-state index in [2.05, 4.69) is 88.4 Å². The van der Waals surface area contributed by atoms with Gasteiger partial charge in [-0.1, -0.05) is 24.3 Å². The zero-order valence-corrected chi connectivity index (χ0v) is 18.6. The van der Waals surface area contributed by atoms with Gasteiger partial charge in [-0.25, -0.2) is 4.68 Å². The Morgan fingerprint density at radius 2 is 1.97 bits per heavy atom. The van der Waals surface area contributed by atoms with Gasteiger partial charge in [0.2, 0.25) is 0 Å². The molecule has 0 saturated heterocycles. The zero-order chi connectivity index (χ0) is 20.8. The summed E-state index contributed by atoms with van der Waals surface area (Å²) < 4.78 is 2.00. The first-order chi connectivity index (χ1) is 14.0. The van der Waals surface area contributed by atoms with E-state index in [9.17, 15) is 0 Å². The first kappa shape index (κ1) is 21.1. The van der Waals surface area contributed by atoms with E-state index >= 15 is 0 Å². The van der Waals surface area contributed by atoms with Gasteiger partial charge in [0.25, 0.3) is 0 Å². The van der Waals surface area contributed by atoms with E-state index in [0.717, 1.165) is 29.6 Å². The molecule has 1 atom stereocenters. The molecular formula is C22H30N6S. The van der Waals surface area contributed by atoms with Crippen molar-refractivity contribution >= 4 is 17.3 Å². The van der Waals surface area contributed by atoms with Gasteiger partial charge in [-0.05, 0) is 57.1 Å². The van der Waals surface area contributed by atoms with Gasteiger partial charge in [-0.15, -0.1) is 11.3 Å². The highest BCUT2D eigenvalue weighted by atomic mass is 32.1. The van der Waals surface area contributed by atoms with Gasteiger partial charge in [0, 0.05) is 30.7 Å². The van der Waals surface area contributed by atoms with Crippen LogP contribution in [0.3, 0.4) is 0 Å². The highest BCUT2D eigenvalue weighted by molar-refractivity contribution is 7.10. The van der Waals surface area contributed by atoms with Crippen LogP contribution < -0.4 is 10.6 Å². The van der Waals surface area contributed by atoms with Crippen LogP contribution in [0, 0.1) is 13.8 Å². The Morgan fingerprint density at radius 1 is 1.17 bits per heavy atom. The Kier molecular flexibility index (Phi) is 7.06. The number of guanidine groups is 1. The number of aryl methyl sites for hydroxylation is 2. The summed E-state index contributed by atoms with van der Waals surface area (Å²) in [5, 5.41) is 13.7. The van der Waals surface area contributed by atoms with Gasteiger partial charge in [0.05, 0.1) is 17.4 Å². The molecule has 0 fully saturated rings. The van der Waals surface area contributed by atoms with Crippen molar-refractivity contribution in [2.75, 3.05) is 27.7 Å². The number of aromatic nitrogens is 2. The molecule has 0 aliphatic heterocycles. The molecule has 2 N–H and O–H groups in total. The van der Waals surface area contributed by atoms with Crippen LogP contribution >= 0.6 is 11.3 Å². The average Bonchev–Trinajstić information content (AvgIpc) is 3.34. The molecule has 0 radical (unpaired) electrons. The van der Waals surface area contributed by atoms with Gasteiger partial charge in [-0.3, -0.25) is 4.99 Å². The van der Waals surface area contributed by atoms with E-state index in [0.29, 0.717) is 12.6 Å². The summed E-state index contributed by atoms with van der Waals surface area (Å²) in [6.07, 6.45) is 0.